The molecular weight excluding hydrogens is 512 g/mol. The molecule has 0 amide bonds. The maximum Gasteiger partial charge on any atom is 0.509 e. The van der Waals surface area contributed by atoms with Gasteiger partial charge in [-0.2, -0.15) is 0 Å². The van der Waals surface area contributed by atoms with E-state index in [0.29, 0.717) is 41.6 Å². The summed E-state index contributed by atoms with van der Waals surface area (Å²) < 4.78 is 16.0. The van der Waals surface area contributed by atoms with E-state index in [4.69, 9.17) is 25.8 Å². The molecule has 216 valence electrons. The van der Waals surface area contributed by atoms with Crippen molar-refractivity contribution in [3.8, 4) is 0 Å². The summed E-state index contributed by atoms with van der Waals surface area (Å²) in [6.45, 7) is 7.87. The fourth-order valence-electron chi connectivity index (χ4n) is 9.87. The lowest BCUT2D eigenvalue weighted by Crippen LogP contribution is -2.54. The predicted molar refractivity (Wildman–Crippen MR) is 152 cm³/mol. The molecule has 1 aromatic rings. The molecule has 0 bridgehead atoms. The van der Waals surface area contributed by atoms with Crippen molar-refractivity contribution in [1.82, 2.24) is 0 Å². The molecule has 5 rings (SSSR count). The third kappa shape index (κ3) is 5.85. The molecule has 4 aliphatic carbocycles. The Morgan fingerprint density at radius 2 is 1.69 bits per heavy atom. The van der Waals surface area contributed by atoms with Crippen molar-refractivity contribution in [3.63, 3.8) is 0 Å². The maximum absolute atomic E-state index is 12.5. The summed E-state index contributed by atoms with van der Waals surface area (Å²) in [5.41, 5.74) is 1.76. The molecule has 0 aliphatic heterocycles. The zero-order chi connectivity index (χ0) is 27.6. The average molecular weight is 559 g/mol. The van der Waals surface area contributed by atoms with Crippen molar-refractivity contribution in [3.05, 3.63) is 35.9 Å². The van der Waals surface area contributed by atoms with E-state index < -0.39 is 6.16 Å². The molecule has 39 heavy (non-hydrogen) atoms. The number of halogens is 1. The lowest BCUT2D eigenvalue weighted by atomic mass is 9.44. The smallest absolute Gasteiger partial charge is 0.461 e. The van der Waals surface area contributed by atoms with Crippen molar-refractivity contribution >= 4 is 23.7 Å². The third-order valence-electron chi connectivity index (χ3n) is 11.9. The first kappa shape index (κ1) is 28.8. The van der Waals surface area contributed by atoms with E-state index in [2.05, 4.69) is 20.8 Å². The van der Waals surface area contributed by atoms with Gasteiger partial charge in [0.15, 0.2) is 6.07 Å². The highest BCUT2D eigenvalue weighted by Crippen LogP contribution is 2.68. The molecule has 0 N–H and O–H groups in total. The number of alkyl halides is 1. The predicted octanol–water partition coefficient (Wildman–Crippen LogP) is 8.52. The Labute approximate surface area is 239 Å². The maximum atomic E-state index is 12.5. The largest absolute Gasteiger partial charge is 0.509 e. The number of hydrogen-bond acceptors (Lipinski definition) is 5. The molecule has 1 aromatic carbocycles. The van der Waals surface area contributed by atoms with Crippen LogP contribution in [0.3, 0.4) is 0 Å². The van der Waals surface area contributed by atoms with Gasteiger partial charge in [-0.25, -0.2) is 4.79 Å². The topological polar surface area (TPSA) is 61.8 Å². The lowest BCUT2D eigenvalue weighted by Gasteiger charge is -2.61. The highest BCUT2D eigenvalue weighted by Gasteiger charge is 2.60. The van der Waals surface area contributed by atoms with Crippen LogP contribution in [-0.2, 0) is 25.6 Å². The molecule has 0 spiro atoms. The van der Waals surface area contributed by atoms with Crippen molar-refractivity contribution < 1.29 is 23.8 Å². The van der Waals surface area contributed by atoms with E-state index in [1.807, 2.05) is 30.3 Å². The summed E-state index contributed by atoms with van der Waals surface area (Å²) in [6.07, 6.45) is 11.6. The number of carbonyl (C=O) groups excluding carboxylic acids is 2. The number of benzene rings is 1. The first-order valence-electron chi connectivity index (χ1n) is 15.3. The highest BCUT2D eigenvalue weighted by molar-refractivity contribution is 6.17. The van der Waals surface area contributed by atoms with E-state index in [-0.39, 0.29) is 18.1 Å². The molecule has 4 fully saturated rings. The number of ether oxygens (including phenoxy) is 3. The van der Waals surface area contributed by atoms with Crippen LogP contribution in [0.25, 0.3) is 0 Å². The molecule has 0 heterocycles. The van der Waals surface area contributed by atoms with Gasteiger partial charge in [0.2, 0.25) is 0 Å². The monoisotopic (exact) mass is 558 g/mol. The first-order chi connectivity index (χ1) is 18.7. The second-order valence-corrected chi connectivity index (χ2v) is 13.8. The minimum Gasteiger partial charge on any atom is -0.461 e. The summed E-state index contributed by atoms with van der Waals surface area (Å²) in [5, 5.41) is 0. The summed E-state index contributed by atoms with van der Waals surface area (Å²) in [6, 6.07) is 9.77. The normalized spacial score (nSPS) is 38.1. The Bertz CT molecular complexity index is 999. The van der Waals surface area contributed by atoms with Crippen LogP contribution in [0.15, 0.2) is 30.3 Å². The van der Waals surface area contributed by atoms with Crippen LogP contribution in [0, 0.1) is 46.3 Å². The second-order valence-electron chi connectivity index (χ2n) is 13.6. The van der Waals surface area contributed by atoms with Crippen molar-refractivity contribution in [2.24, 2.45) is 46.3 Å². The zero-order valence-electron chi connectivity index (χ0n) is 24.0. The van der Waals surface area contributed by atoms with Gasteiger partial charge in [-0.05, 0) is 116 Å². The number of carbonyl (C=O) groups is 2. The van der Waals surface area contributed by atoms with Gasteiger partial charge < -0.3 is 14.2 Å². The van der Waals surface area contributed by atoms with Crippen molar-refractivity contribution in [2.75, 3.05) is 6.07 Å². The van der Waals surface area contributed by atoms with Crippen LogP contribution >= 0.6 is 11.6 Å². The van der Waals surface area contributed by atoms with Gasteiger partial charge in [-0.3, -0.25) is 4.79 Å². The van der Waals surface area contributed by atoms with E-state index >= 15 is 0 Å². The Morgan fingerprint density at radius 1 is 0.949 bits per heavy atom. The fourth-order valence-corrected chi connectivity index (χ4v) is 9.96. The molecule has 0 radical (unpaired) electrons. The Balaban J connectivity index is 1.16. The van der Waals surface area contributed by atoms with E-state index in [9.17, 15) is 9.59 Å². The highest BCUT2D eigenvalue weighted by atomic mass is 35.5. The van der Waals surface area contributed by atoms with E-state index in [1.54, 1.807) is 0 Å². The van der Waals surface area contributed by atoms with Crippen molar-refractivity contribution in [2.45, 2.75) is 104 Å². The van der Waals surface area contributed by atoms with Crippen LogP contribution in [0.4, 0.5) is 4.79 Å². The molecule has 0 aromatic heterocycles. The van der Waals surface area contributed by atoms with Gasteiger partial charge in [0.1, 0.15) is 12.7 Å². The fraction of sp³-hybridized carbons (Fsp3) is 0.758. The average Bonchev–Trinajstić information content (AvgIpc) is 3.29. The molecule has 5 unspecified atom stereocenters. The third-order valence-corrected chi connectivity index (χ3v) is 12.0. The quantitative estimate of drug-likeness (QED) is 0.236. The molecular formula is C33H47ClO5. The van der Waals surface area contributed by atoms with Gasteiger partial charge in [-0.15, -0.1) is 0 Å². The minimum atomic E-state index is -0.628. The van der Waals surface area contributed by atoms with Crippen LogP contribution in [0.5, 0.6) is 0 Å². The van der Waals surface area contributed by atoms with E-state index in [0.717, 1.165) is 49.0 Å². The number of rotatable bonds is 8. The SMILES string of the molecule is C[C@H](CCC(=O)OCc1ccccc1)C1CCC2C3CC[C@@H]4C[C@H](OC(=O)OCCl)CCC4(C)C3CC[C@@]21C. The van der Waals surface area contributed by atoms with Crippen LogP contribution in [-0.4, -0.2) is 24.3 Å². The molecule has 0 saturated heterocycles. The standard InChI is InChI=1S/C33H47ClO5/c1-22(9-14-30(35)37-20-23-7-5-4-6-8-23)27-12-13-28-26-11-10-24-19-25(39-31(36)38-21-34)15-17-32(24,2)29(26)16-18-33(27,28)3/h4-8,22,24-29H,9-21H2,1-3H3/t22-,24-,25-,26?,27?,28?,29?,32?,33-/m1/s1. The second kappa shape index (κ2) is 12.0. The zero-order valence-corrected chi connectivity index (χ0v) is 24.8. The van der Waals surface area contributed by atoms with Gasteiger partial charge in [-0.1, -0.05) is 62.7 Å². The van der Waals surface area contributed by atoms with Gasteiger partial charge in [0.05, 0.1) is 0 Å². The summed E-state index contributed by atoms with van der Waals surface area (Å²) in [7, 11) is 0. The Kier molecular flexibility index (Phi) is 8.86. The minimum absolute atomic E-state index is 0.0414. The van der Waals surface area contributed by atoms with Gasteiger partial charge in [0, 0.05) is 6.42 Å². The first-order valence-corrected chi connectivity index (χ1v) is 15.9. The molecule has 5 nitrogen and oxygen atoms in total. The van der Waals surface area contributed by atoms with Crippen molar-refractivity contribution in [1.29, 1.82) is 0 Å². The van der Waals surface area contributed by atoms with E-state index in [1.165, 1.54) is 38.5 Å². The van der Waals surface area contributed by atoms with Crippen LogP contribution in [0.2, 0.25) is 0 Å². The van der Waals surface area contributed by atoms with Crippen LogP contribution in [0.1, 0.15) is 97.0 Å². The summed E-state index contributed by atoms with van der Waals surface area (Å²) in [4.78, 5) is 24.4. The Hall–Kier alpha value is -1.75. The van der Waals surface area contributed by atoms with Crippen LogP contribution < -0.4 is 0 Å². The lowest BCUT2D eigenvalue weighted by molar-refractivity contribution is -0.145. The van der Waals surface area contributed by atoms with Gasteiger partial charge in [0.25, 0.3) is 0 Å². The summed E-state index contributed by atoms with van der Waals surface area (Å²) >= 11 is 5.53. The number of fused-ring (bicyclic) bond motifs is 5. The van der Waals surface area contributed by atoms with Gasteiger partial charge >= 0.3 is 12.1 Å². The molecule has 4 saturated carbocycles. The molecule has 4 aliphatic rings. The molecule has 6 heteroatoms. The number of esters is 1. The number of hydrogen-bond donors (Lipinski definition) is 0. The Morgan fingerprint density at radius 3 is 2.46 bits per heavy atom. The summed E-state index contributed by atoms with van der Waals surface area (Å²) in [5.74, 6) is 4.13. The molecule has 9 atom stereocenters.